The van der Waals surface area contributed by atoms with Crippen molar-refractivity contribution in [3.63, 3.8) is 0 Å². The lowest BCUT2D eigenvalue weighted by atomic mass is 9.91. The Balaban J connectivity index is 1.59. The molecule has 1 aliphatic carbocycles. The molecule has 18 heavy (non-hydrogen) atoms. The molecule has 4 nitrogen and oxygen atoms in total. The van der Waals surface area contributed by atoms with Crippen molar-refractivity contribution in [2.45, 2.75) is 32.2 Å². The molecule has 0 radical (unpaired) electrons. The fraction of sp³-hybridized carbons (Fsp3) is 0.929. The molecule has 102 valence electrons. The van der Waals surface area contributed by atoms with Crippen LogP contribution in [0, 0.1) is 11.3 Å². The van der Waals surface area contributed by atoms with Crippen molar-refractivity contribution in [1.29, 1.82) is 0 Å². The standard InChI is InChI=1S/C14H25N3O/c1-11-10-17(8-7-16(11)2)13(18)12-9-14(12)3-5-15-6-4-14/h11-12,15H,3-10H2,1-2H3. The van der Waals surface area contributed by atoms with Crippen LogP contribution in [0.5, 0.6) is 0 Å². The molecule has 2 atom stereocenters. The SMILES string of the molecule is CC1CN(C(=O)C2CC23CCNCC3)CCN1C. The Morgan fingerprint density at radius 1 is 1.28 bits per heavy atom. The lowest BCUT2D eigenvalue weighted by molar-refractivity contribution is -0.136. The number of piperazine rings is 1. The predicted molar refractivity (Wildman–Crippen MR) is 71.3 cm³/mol. The molecular formula is C14H25N3O. The maximum atomic E-state index is 12.6. The summed E-state index contributed by atoms with van der Waals surface area (Å²) in [6.45, 7) is 7.28. The van der Waals surface area contributed by atoms with Gasteiger partial charge < -0.3 is 15.1 Å². The molecule has 2 saturated heterocycles. The van der Waals surface area contributed by atoms with Crippen molar-refractivity contribution in [1.82, 2.24) is 15.1 Å². The Labute approximate surface area is 110 Å². The van der Waals surface area contributed by atoms with Crippen LogP contribution in [-0.2, 0) is 4.79 Å². The van der Waals surface area contributed by atoms with E-state index in [1.54, 1.807) is 0 Å². The van der Waals surface area contributed by atoms with E-state index in [1.165, 1.54) is 12.8 Å². The van der Waals surface area contributed by atoms with Gasteiger partial charge in [-0.15, -0.1) is 0 Å². The van der Waals surface area contributed by atoms with Gasteiger partial charge in [0.05, 0.1) is 0 Å². The molecule has 2 aliphatic heterocycles. The van der Waals surface area contributed by atoms with Crippen molar-refractivity contribution in [3.8, 4) is 0 Å². The molecule has 3 fully saturated rings. The van der Waals surface area contributed by atoms with E-state index in [2.05, 4.69) is 29.1 Å². The van der Waals surface area contributed by atoms with Gasteiger partial charge in [0.1, 0.15) is 0 Å². The Morgan fingerprint density at radius 3 is 2.67 bits per heavy atom. The van der Waals surface area contributed by atoms with E-state index in [4.69, 9.17) is 0 Å². The van der Waals surface area contributed by atoms with Gasteiger partial charge in [-0.3, -0.25) is 4.79 Å². The van der Waals surface area contributed by atoms with Crippen LogP contribution in [0.3, 0.4) is 0 Å². The third-order valence-corrected chi connectivity index (χ3v) is 5.36. The van der Waals surface area contributed by atoms with Gasteiger partial charge in [0, 0.05) is 31.6 Å². The summed E-state index contributed by atoms with van der Waals surface area (Å²) >= 11 is 0. The monoisotopic (exact) mass is 251 g/mol. The third kappa shape index (κ3) is 2.05. The average Bonchev–Trinajstić information content (AvgIpc) is 3.06. The molecular weight excluding hydrogens is 226 g/mol. The first-order chi connectivity index (χ1) is 8.62. The number of nitrogens with one attached hydrogen (secondary N) is 1. The Bertz CT molecular complexity index is 332. The van der Waals surface area contributed by atoms with Gasteiger partial charge in [-0.1, -0.05) is 0 Å². The zero-order chi connectivity index (χ0) is 12.8. The van der Waals surface area contributed by atoms with Gasteiger partial charge >= 0.3 is 0 Å². The quantitative estimate of drug-likeness (QED) is 0.739. The summed E-state index contributed by atoms with van der Waals surface area (Å²) in [5.41, 5.74) is 0.384. The van der Waals surface area contributed by atoms with Gasteiger partial charge in [0.2, 0.25) is 5.91 Å². The van der Waals surface area contributed by atoms with Crippen LogP contribution in [0.4, 0.5) is 0 Å². The fourth-order valence-electron chi connectivity index (χ4n) is 3.64. The summed E-state index contributed by atoms with van der Waals surface area (Å²) in [4.78, 5) is 17.0. The number of hydrogen-bond donors (Lipinski definition) is 1. The molecule has 0 aromatic heterocycles. The maximum Gasteiger partial charge on any atom is 0.226 e. The molecule has 1 spiro atoms. The summed E-state index contributed by atoms with van der Waals surface area (Å²) in [6.07, 6.45) is 3.55. The first-order valence-corrected chi connectivity index (χ1v) is 7.32. The minimum atomic E-state index is 0.343. The van der Waals surface area contributed by atoms with Crippen LogP contribution >= 0.6 is 0 Å². The zero-order valence-corrected chi connectivity index (χ0v) is 11.6. The summed E-state index contributed by atoms with van der Waals surface area (Å²) in [5.74, 6) is 0.784. The predicted octanol–water partition coefficient (Wildman–Crippen LogP) is 0.539. The number of carbonyl (C=O) groups is 1. The third-order valence-electron chi connectivity index (χ3n) is 5.36. The van der Waals surface area contributed by atoms with Crippen LogP contribution in [0.25, 0.3) is 0 Å². The number of piperidine rings is 1. The average molecular weight is 251 g/mol. The van der Waals surface area contributed by atoms with Gasteiger partial charge in [0.15, 0.2) is 0 Å². The summed E-state index contributed by atoms with van der Waals surface area (Å²) in [7, 11) is 2.15. The van der Waals surface area contributed by atoms with E-state index >= 15 is 0 Å². The fourth-order valence-corrected chi connectivity index (χ4v) is 3.64. The second-order valence-electron chi connectivity index (χ2n) is 6.48. The number of nitrogens with zero attached hydrogens (tertiary/aromatic N) is 2. The molecule has 3 aliphatic rings. The highest BCUT2D eigenvalue weighted by atomic mass is 16.2. The molecule has 0 aromatic rings. The van der Waals surface area contributed by atoms with E-state index in [9.17, 15) is 4.79 Å². The second kappa shape index (κ2) is 4.49. The summed E-state index contributed by atoms with van der Waals surface area (Å²) < 4.78 is 0. The number of hydrogen-bond acceptors (Lipinski definition) is 3. The highest BCUT2D eigenvalue weighted by Crippen LogP contribution is 2.59. The van der Waals surface area contributed by atoms with Crippen LogP contribution in [0.1, 0.15) is 26.2 Å². The highest BCUT2D eigenvalue weighted by Gasteiger charge is 2.58. The number of rotatable bonds is 1. The van der Waals surface area contributed by atoms with Gasteiger partial charge in [-0.05, 0) is 51.7 Å². The molecule has 1 N–H and O–H groups in total. The summed E-state index contributed by atoms with van der Waals surface area (Å²) in [5, 5.41) is 3.40. The Morgan fingerprint density at radius 2 is 2.00 bits per heavy atom. The van der Waals surface area contributed by atoms with E-state index in [0.29, 0.717) is 23.3 Å². The van der Waals surface area contributed by atoms with Crippen molar-refractivity contribution in [2.24, 2.45) is 11.3 Å². The van der Waals surface area contributed by atoms with Crippen molar-refractivity contribution in [2.75, 3.05) is 39.8 Å². The van der Waals surface area contributed by atoms with Crippen LogP contribution in [0.2, 0.25) is 0 Å². The molecule has 4 heteroatoms. The Kier molecular flexibility index (Phi) is 3.10. The molecule has 1 amide bonds. The molecule has 2 unspecified atom stereocenters. The van der Waals surface area contributed by atoms with Crippen molar-refractivity contribution < 1.29 is 4.79 Å². The highest BCUT2D eigenvalue weighted by molar-refractivity contribution is 5.83. The molecule has 0 bridgehead atoms. The van der Waals surface area contributed by atoms with Gasteiger partial charge in [-0.25, -0.2) is 0 Å². The topological polar surface area (TPSA) is 35.6 Å². The lowest BCUT2D eigenvalue weighted by Gasteiger charge is -2.38. The van der Waals surface area contributed by atoms with Crippen LogP contribution in [-0.4, -0.2) is 61.5 Å². The van der Waals surface area contributed by atoms with Crippen molar-refractivity contribution in [3.05, 3.63) is 0 Å². The largest absolute Gasteiger partial charge is 0.340 e. The van der Waals surface area contributed by atoms with E-state index in [0.717, 1.165) is 39.1 Å². The Hall–Kier alpha value is -0.610. The van der Waals surface area contributed by atoms with Gasteiger partial charge in [0.25, 0.3) is 0 Å². The second-order valence-corrected chi connectivity index (χ2v) is 6.48. The number of amides is 1. The number of carbonyl (C=O) groups excluding carboxylic acids is 1. The van der Waals surface area contributed by atoms with E-state index < -0.39 is 0 Å². The molecule has 2 heterocycles. The smallest absolute Gasteiger partial charge is 0.226 e. The van der Waals surface area contributed by atoms with Crippen LogP contribution < -0.4 is 5.32 Å². The molecule has 0 aromatic carbocycles. The normalized spacial score (nSPS) is 35.8. The minimum absolute atomic E-state index is 0.343. The van der Waals surface area contributed by atoms with E-state index in [-0.39, 0.29) is 0 Å². The maximum absolute atomic E-state index is 12.6. The zero-order valence-electron chi connectivity index (χ0n) is 11.6. The van der Waals surface area contributed by atoms with E-state index in [1.807, 2.05) is 0 Å². The first-order valence-electron chi connectivity index (χ1n) is 7.32. The summed E-state index contributed by atoms with van der Waals surface area (Å²) in [6, 6.07) is 0.505. The number of likely N-dealkylation sites (N-methyl/N-ethyl adjacent to an activating group) is 1. The molecule has 1 saturated carbocycles. The van der Waals surface area contributed by atoms with Crippen molar-refractivity contribution >= 4 is 5.91 Å². The van der Waals surface area contributed by atoms with Crippen LogP contribution in [0.15, 0.2) is 0 Å². The lowest BCUT2D eigenvalue weighted by Crippen LogP contribution is -2.52. The first kappa shape index (κ1) is 12.4. The van der Waals surface area contributed by atoms with Gasteiger partial charge in [-0.2, -0.15) is 0 Å². The minimum Gasteiger partial charge on any atom is -0.340 e. The molecule has 3 rings (SSSR count).